The van der Waals surface area contributed by atoms with E-state index in [1.54, 1.807) is 19.1 Å². The van der Waals surface area contributed by atoms with Crippen molar-refractivity contribution in [3.63, 3.8) is 0 Å². The molecule has 166 valence electrons. The van der Waals surface area contributed by atoms with E-state index in [-0.39, 0.29) is 29.6 Å². The Balaban J connectivity index is 1.51. The van der Waals surface area contributed by atoms with Crippen LogP contribution in [0, 0.1) is 12.7 Å². The molecule has 2 aliphatic rings. The molecule has 0 saturated carbocycles. The average Bonchev–Trinajstić information content (AvgIpc) is 3.22. The summed E-state index contributed by atoms with van der Waals surface area (Å²) in [6.45, 7) is 3.37. The number of aliphatic hydroxyl groups is 1. The van der Waals surface area contributed by atoms with Gasteiger partial charge in [-0.2, -0.15) is 0 Å². The second-order valence-corrected chi connectivity index (χ2v) is 7.74. The highest BCUT2D eigenvalue weighted by Crippen LogP contribution is 2.32. The van der Waals surface area contributed by atoms with Crippen LogP contribution in [0.15, 0.2) is 23.0 Å². The molecule has 0 radical (unpaired) electrons. The largest absolute Gasteiger partial charge is 0.391 e. The summed E-state index contributed by atoms with van der Waals surface area (Å²) in [6, 6.07) is 4.54. The molecule has 3 N–H and O–H groups in total. The van der Waals surface area contributed by atoms with Gasteiger partial charge in [-0.15, -0.1) is 0 Å². The predicted octanol–water partition coefficient (Wildman–Crippen LogP) is 0.983. The zero-order valence-corrected chi connectivity index (χ0v) is 17.2. The van der Waals surface area contributed by atoms with E-state index in [1.807, 2.05) is 4.90 Å². The van der Waals surface area contributed by atoms with Gasteiger partial charge in [-0.3, -0.25) is 14.6 Å². The van der Waals surface area contributed by atoms with Crippen molar-refractivity contribution in [2.45, 2.75) is 38.7 Å². The van der Waals surface area contributed by atoms with E-state index in [0.717, 1.165) is 0 Å². The van der Waals surface area contributed by atoms with E-state index in [4.69, 9.17) is 9.47 Å². The van der Waals surface area contributed by atoms with Gasteiger partial charge in [0.15, 0.2) is 5.79 Å². The molecule has 1 aromatic carbocycles. The normalized spacial score (nSPS) is 17.8. The summed E-state index contributed by atoms with van der Waals surface area (Å²) in [4.78, 5) is 34.1. The van der Waals surface area contributed by atoms with Gasteiger partial charge in [0.25, 0.3) is 11.5 Å². The van der Waals surface area contributed by atoms with Crippen LogP contribution in [0.2, 0.25) is 0 Å². The number of nitrogens with one attached hydrogen (secondary N) is 2. The zero-order valence-electron chi connectivity index (χ0n) is 17.2. The number of aliphatic hydroxyl groups excluding tert-OH is 1. The molecular formula is C21H25FN4O5. The summed E-state index contributed by atoms with van der Waals surface area (Å²) in [7, 11) is 0. The maximum absolute atomic E-state index is 13.4. The van der Waals surface area contributed by atoms with Gasteiger partial charge in [0.05, 0.1) is 25.4 Å². The molecule has 10 heteroatoms. The number of carbonyl (C=O) groups excluding carboxylic acids is 1. The number of ether oxygens (including phenoxy) is 2. The fourth-order valence-electron chi connectivity index (χ4n) is 3.90. The Morgan fingerprint density at radius 2 is 2.03 bits per heavy atom. The third-order valence-electron chi connectivity index (χ3n) is 5.69. The highest BCUT2D eigenvalue weighted by molar-refractivity contribution is 5.93. The van der Waals surface area contributed by atoms with E-state index in [1.165, 1.54) is 6.07 Å². The smallest absolute Gasteiger partial charge is 0.270 e. The summed E-state index contributed by atoms with van der Waals surface area (Å²) >= 11 is 0. The molecule has 9 nitrogen and oxygen atoms in total. The van der Waals surface area contributed by atoms with E-state index >= 15 is 0 Å². The molecule has 0 atom stereocenters. The Morgan fingerprint density at radius 1 is 1.32 bits per heavy atom. The van der Waals surface area contributed by atoms with Gasteiger partial charge in [-0.1, -0.05) is 12.1 Å². The summed E-state index contributed by atoms with van der Waals surface area (Å²) in [5.74, 6) is -1.22. The van der Waals surface area contributed by atoms with Gasteiger partial charge in [-0.25, -0.2) is 9.37 Å². The second-order valence-electron chi connectivity index (χ2n) is 7.74. The van der Waals surface area contributed by atoms with Gasteiger partial charge in [-0.05, 0) is 24.1 Å². The van der Waals surface area contributed by atoms with Crippen LogP contribution in [-0.2, 0) is 22.6 Å². The zero-order chi connectivity index (χ0) is 22.0. The number of aromatic nitrogens is 2. The lowest BCUT2D eigenvalue weighted by Crippen LogP contribution is -2.46. The molecule has 3 heterocycles. The molecule has 2 fully saturated rings. The number of halogens is 1. The summed E-state index contributed by atoms with van der Waals surface area (Å²) in [6.07, 6.45) is 1.23. The van der Waals surface area contributed by atoms with Crippen LogP contribution >= 0.6 is 0 Å². The first-order valence-corrected chi connectivity index (χ1v) is 10.2. The van der Waals surface area contributed by atoms with Crippen LogP contribution in [0.5, 0.6) is 0 Å². The Morgan fingerprint density at radius 3 is 2.68 bits per heavy atom. The first-order valence-electron chi connectivity index (χ1n) is 10.2. The van der Waals surface area contributed by atoms with Gasteiger partial charge >= 0.3 is 0 Å². The number of H-pyrrole nitrogens is 1. The molecule has 0 unspecified atom stereocenters. The van der Waals surface area contributed by atoms with E-state index in [2.05, 4.69) is 15.3 Å². The van der Waals surface area contributed by atoms with Crippen LogP contribution in [0.3, 0.4) is 0 Å². The van der Waals surface area contributed by atoms with Crippen molar-refractivity contribution in [2.24, 2.45) is 0 Å². The lowest BCUT2D eigenvalue weighted by molar-refractivity contribution is -0.169. The number of hydrogen-bond donors (Lipinski definition) is 3. The molecule has 2 aliphatic heterocycles. The van der Waals surface area contributed by atoms with Gasteiger partial charge in [0, 0.05) is 32.5 Å². The minimum absolute atomic E-state index is 0.104. The maximum Gasteiger partial charge on any atom is 0.270 e. The molecule has 0 aliphatic carbocycles. The third-order valence-corrected chi connectivity index (χ3v) is 5.69. The van der Waals surface area contributed by atoms with Gasteiger partial charge in [0.2, 0.25) is 5.95 Å². The number of anilines is 1. The number of hydrogen-bond acceptors (Lipinski definition) is 7. The van der Waals surface area contributed by atoms with Crippen molar-refractivity contribution in [1.29, 1.82) is 0 Å². The maximum atomic E-state index is 13.4. The Kier molecular flexibility index (Phi) is 6.03. The quantitative estimate of drug-likeness (QED) is 0.645. The average molecular weight is 432 g/mol. The van der Waals surface area contributed by atoms with Gasteiger partial charge < -0.3 is 24.8 Å². The summed E-state index contributed by atoms with van der Waals surface area (Å²) in [5, 5.41) is 12.3. The number of aromatic amines is 1. The van der Waals surface area contributed by atoms with Gasteiger partial charge in [0.1, 0.15) is 11.5 Å². The molecule has 1 spiro atoms. The minimum atomic E-state index is -0.619. The van der Waals surface area contributed by atoms with E-state index in [9.17, 15) is 19.1 Å². The SMILES string of the molecule is Cc1cc(CNC(=O)c2nc(N3CCC4(CC3)OCCO4)[nH]c(=O)c2CO)ccc1F. The Bertz CT molecular complexity index is 1020. The lowest BCUT2D eigenvalue weighted by atomic mass is 10.0. The Labute approximate surface area is 178 Å². The number of nitrogens with zero attached hydrogens (tertiary/aromatic N) is 2. The molecule has 31 heavy (non-hydrogen) atoms. The Hall–Kier alpha value is -2.82. The summed E-state index contributed by atoms with van der Waals surface area (Å²) < 4.78 is 24.9. The highest BCUT2D eigenvalue weighted by atomic mass is 19.1. The first kappa shape index (κ1) is 21.4. The van der Waals surface area contributed by atoms with Crippen LogP contribution in [0.1, 0.15) is 40.0 Å². The third kappa shape index (κ3) is 4.46. The van der Waals surface area contributed by atoms with Crippen molar-refractivity contribution >= 4 is 11.9 Å². The van der Waals surface area contributed by atoms with Crippen molar-refractivity contribution in [3.8, 4) is 0 Å². The highest BCUT2D eigenvalue weighted by Gasteiger charge is 2.40. The van der Waals surface area contributed by atoms with Crippen LogP contribution in [0.4, 0.5) is 10.3 Å². The lowest BCUT2D eigenvalue weighted by Gasteiger charge is -2.37. The van der Waals surface area contributed by atoms with Crippen molar-refractivity contribution < 1.29 is 23.8 Å². The number of piperidine rings is 1. The molecule has 2 aromatic rings. The van der Waals surface area contributed by atoms with Crippen LogP contribution in [-0.4, -0.2) is 53.1 Å². The molecular weight excluding hydrogens is 407 g/mol. The number of rotatable bonds is 5. The topological polar surface area (TPSA) is 117 Å². The fourth-order valence-corrected chi connectivity index (χ4v) is 3.90. The molecule has 1 amide bonds. The molecule has 1 aromatic heterocycles. The van der Waals surface area contributed by atoms with Crippen LogP contribution < -0.4 is 15.8 Å². The fraction of sp³-hybridized carbons (Fsp3) is 0.476. The van der Waals surface area contributed by atoms with Crippen molar-refractivity contribution in [1.82, 2.24) is 15.3 Å². The number of carbonyl (C=O) groups is 1. The summed E-state index contributed by atoms with van der Waals surface area (Å²) in [5.41, 5.74) is 0.378. The first-order chi connectivity index (χ1) is 14.9. The van der Waals surface area contributed by atoms with E-state index in [0.29, 0.717) is 50.3 Å². The molecule has 2 saturated heterocycles. The molecule has 4 rings (SSSR count). The molecule has 0 bridgehead atoms. The number of benzene rings is 1. The van der Waals surface area contributed by atoms with Crippen molar-refractivity contribution in [3.05, 3.63) is 56.8 Å². The number of aryl methyl sites for hydroxylation is 1. The predicted molar refractivity (Wildman–Crippen MR) is 109 cm³/mol. The number of amides is 1. The minimum Gasteiger partial charge on any atom is -0.391 e. The second kappa shape index (κ2) is 8.74. The van der Waals surface area contributed by atoms with Crippen LogP contribution in [0.25, 0.3) is 0 Å². The monoisotopic (exact) mass is 432 g/mol. The van der Waals surface area contributed by atoms with Crippen molar-refractivity contribution in [2.75, 3.05) is 31.2 Å². The standard InChI is InChI=1S/C21H25FN4O5/c1-13-10-14(2-3-16(13)22)11-23-19(29)17-15(12-27)18(28)25-20(24-17)26-6-4-21(5-7-26)30-8-9-31-21/h2-3,10,27H,4-9,11-12H2,1H3,(H,23,29)(H,24,25,28). The van der Waals surface area contributed by atoms with E-state index < -0.39 is 23.9 Å².